The predicted octanol–water partition coefficient (Wildman–Crippen LogP) is 2.23. The van der Waals surface area contributed by atoms with Gasteiger partial charge in [-0.25, -0.2) is 4.79 Å². The number of esters is 1. The van der Waals surface area contributed by atoms with E-state index in [0.29, 0.717) is 30.3 Å². The van der Waals surface area contributed by atoms with Gasteiger partial charge in [0.05, 0.1) is 23.7 Å². The molecule has 0 bridgehead atoms. The smallest absolute Gasteiger partial charge is 0.338 e. The fourth-order valence-electron chi connectivity index (χ4n) is 4.35. The lowest BCUT2D eigenvalue weighted by Crippen LogP contribution is -2.31. The van der Waals surface area contributed by atoms with Crippen molar-refractivity contribution in [1.29, 1.82) is 0 Å². The first-order chi connectivity index (χ1) is 10.1. The van der Waals surface area contributed by atoms with Crippen molar-refractivity contribution >= 4 is 11.8 Å². The molecule has 0 N–H and O–H groups in total. The summed E-state index contributed by atoms with van der Waals surface area (Å²) in [6.07, 6.45) is 1.21. The SMILES string of the molecule is C[C@@H](OC(=O)c1ccccc1)[C@H]1OC[C@@]23C(=O)CC[C@@H]2[C@@H]13. The molecular weight excluding hydrogens is 268 g/mol. The number of Topliss-reactive ketones (excluding diaryl/α,β-unsaturated/α-hetero) is 1. The molecule has 0 unspecified atom stereocenters. The van der Waals surface area contributed by atoms with E-state index < -0.39 is 0 Å². The Morgan fingerprint density at radius 3 is 2.86 bits per heavy atom. The molecule has 1 aromatic carbocycles. The number of ether oxygens (including phenoxy) is 2. The van der Waals surface area contributed by atoms with Gasteiger partial charge in [0.25, 0.3) is 0 Å². The van der Waals surface area contributed by atoms with Gasteiger partial charge in [-0.05, 0) is 31.4 Å². The maximum Gasteiger partial charge on any atom is 0.338 e. The number of ketones is 1. The summed E-state index contributed by atoms with van der Waals surface area (Å²) in [6.45, 7) is 2.38. The lowest BCUT2D eigenvalue weighted by atomic mass is 9.97. The van der Waals surface area contributed by atoms with Crippen LogP contribution in [0.5, 0.6) is 0 Å². The maximum atomic E-state index is 12.1. The Balaban J connectivity index is 1.44. The number of benzene rings is 1. The van der Waals surface area contributed by atoms with Crippen molar-refractivity contribution in [3.05, 3.63) is 35.9 Å². The van der Waals surface area contributed by atoms with Gasteiger partial charge in [0, 0.05) is 12.3 Å². The van der Waals surface area contributed by atoms with Crippen LogP contribution in [0.25, 0.3) is 0 Å². The second-order valence-corrected chi connectivity index (χ2v) is 6.39. The van der Waals surface area contributed by atoms with Crippen molar-refractivity contribution in [3.8, 4) is 0 Å². The summed E-state index contributed by atoms with van der Waals surface area (Å²) in [5.41, 5.74) is 0.321. The van der Waals surface area contributed by atoms with Crippen LogP contribution in [0.1, 0.15) is 30.1 Å². The van der Waals surface area contributed by atoms with Crippen molar-refractivity contribution in [1.82, 2.24) is 0 Å². The van der Waals surface area contributed by atoms with Gasteiger partial charge < -0.3 is 9.47 Å². The first-order valence-electron chi connectivity index (χ1n) is 7.55. The summed E-state index contributed by atoms with van der Waals surface area (Å²) in [7, 11) is 0. The Kier molecular flexibility index (Phi) is 2.73. The average Bonchev–Trinajstić information content (AvgIpc) is 2.81. The molecule has 1 heterocycles. The molecule has 0 amide bonds. The van der Waals surface area contributed by atoms with E-state index in [4.69, 9.17) is 9.47 Å². The van der Waals surface area contributed by atoms with Crippen LogP contribution in [0.15, 0.2) is 30.3 Å². The number of carbonyl (C=O) groups is 2. The van der Waals surface area contributed by atoms with Crippen molar-refractivity contribution in [2.24, 2.45) is 17.3 Å². The van der Waals surface area contributed by atoms with Crippen molar-refractivity contribution in [3.63, 3.8) is 0 Å². The van der Waals surface area contributed by atoms with E-state index in [-0.39, 0.29) is 29.5 Å². The minimum absolute atomic E-state index is 0.132. The van der Waals surface area contributed by atoms with Crippen LogP contribution in [-0.4, -0.2) is 30.6 Å². The van der Waals surface area contributed by atoms with Gasteiger partial charge in [0.1, 0.15) is 11.9 Å². The van der Waals surface area contributed by atoms with Crippen LogP contribution in [0.3, 0.4) is 0 Å². The molecule has 4 heteroatoms. The molecule has 1 aromatic rings. The molecule has 0 aromatic heterocycles. The molecular formula is C17H18O4. The highest BCUT2D eigenvalue weighted by molar-refractivity contribution is 5.92. The van der Waals surface area contributed by atoms with Crippen LogP contribution in [0.2, 0.25) is 0 Å². The zero-order valence-electron chi connectivity index (χ0n) is 12.0. The molecule has 1 saturated heterocycles. The zero-order valence-corrected chi connectivity index (χ0v) is 12.0. The second-order valence-electron chi connectivity index (χ2n) is 6.39. The summed E-state index contributed by atoms with van der Waals surface area (Å²) < 4.78 is 11.3. The molecule has 3 aliphatic rings. The highest BCUT2D eigenvalue weighted by Gasteiger charge is 2.78. The normalized spacial score (nSPS) is 37.8. The standard InChI is InChI=1S/C17H18O4/c1-10(21-16(19)11-5-3-2-4-6-11)15-14-12-7-8-13(18)17(12,14)9-20-15/h2-6,10,12,14-15H,7-9H2,1H3/t10-,12-,14+,15-,17+/m1/s1. The Morgan fingerprint density at radius 1 is 1.38 bits per heavy atom. The van der Waals surface area contributed by atoms with Crippen molar-refractivity contribution < 1.29 is 19.1 Å². The van der Waals surface area contributed by atoms with Crippen LogP contribution < -0.4 is 0 Å². The number of hydrogen-bond donors (Lipinski definition) is 0. The molecule has 0 radical (unpaired) electrons. The van der Waals surface area contributed by atoms with E-state index >= 15 is 0 Å². The number of fused-ring (bicyclic) bond motifs is 1. The van der Waals surface area contributed by atoms with Gasteiger partial charge in [-0.1, -0.05) is 18.2 Å². The van der Waals surface area contributed by atoms with Crippen LogP contribution >= 0.6 is 0 Å². The zero-order chi connectivity index (χ0) is 14.6. The third-order valence-corrected chi connectivity index (χ3v) is 5.42. The van der Waals surface area contributed by atoms with Gasteiger partial charge in [0.2, 0.25) is 0 Å². The van der Waals surface area contributed by atoms with Gasteiger partial charge in [-0.2, -0.15) is 0 Å². The van der Waals surface area contributed by atoms with E-state index in [9.17, 15) is 9.59 Å². The van der Waals surface area contributed by atoms with E-state index in [0.717, 1.165) is 6.42 Å². The fourth-order valence-corrected chi connectivity index (χ4v) is 4.35. The number of rotatable bonds is 3. The third-order valence-electron chi connectivity index (χ3n) is 5.42. The van der Waals surface area contributed by atoms with Gasteiger partial charge in [0.15, 0.2) is 0 Å². The fraction of sp³-hybridized carbons (Fsp3) is 0.529. The third kappa shape index (κ3) is 1.72. The molecule has 4 nitrogen and oxygen atoms in total. The number of carbonyl (C=O) groups excluding carboxylic acids is 2. The minimum Gasteiger partial charge on any atom is -0.456 e. The van der Waals surface area contributed by atoms with Gasteiger partial charge in [-0.3, -0.25) is 4.79 Å². The monoisotopic (exact) mass is 286 g/mol. The molecule has 21 heavy (non-hydrogen) atoms. The van der Waals surface area contributed by atoms with Crippen LogP contribution in [-0.2, 0) is 14.3 Å². The topological polar surface area (TPSA) is 52.6 Å². The number of hydrogen-bond acceptors (Lipinski definition) is 4. The minimum atomic E-state index is -0.329. The Bertz CT molecular complexity index is 596. The molecule has 3 fully saturated rings. The molecule has 4 rings (SSSR count). The summed E-state index contributed by atoms with van der Waals surface area (Å²) in [4.78, 5) is 24.1. The van der Waals surface area contributed by atoms with E-state index in [2.05, 4.69) is 0 Å². The summed E-state index contributed by atoms with van der Waals surface area (Å²) in [6, 6.07) is 8.96. The molecule has 2 aliphatic carbocycles. The molecule has 110 valence electrons. The maximum absolute atomic E-state index is 12.1. The molecule has 2 saturated carbocycles. The average molecular weight is 286 g/mol. The van der Waals surface area contributed by atoms with Crippen molar-refractivity contribution in [2.45, 2.75) is 32.0 Å². The van der Waals surface area contributed by atoms with E-state index in [1.807, 2.05) is 25.1 Å². The molecule has 1 aliphatic heterocycles. The van der Waals surface area contributed by atoms with Crippen molar-refractivity contribution in [2.75, 3.05) is 6.61 Å². The Morgan fingerprint density at radius 2 is 2.14 bits per heavy atom. The lowest BCUT2D eigenvalue weighted by Gasteiger charge is -2.22. The van der Waals surface area contributed by atoms with E-state index in [1.165, 1.54) is 0 Å². The first-order valence-corrected chi connectivity index (χ1v) is 7.55. The summed E-state index contributed by atoms with van der Waals surface area (Å²) >= 11 is 0. The highest BCUT2D eigenvalue weighted by Crippen LogP contribution is 2.71. The predicted molar refractivity (Wildman–Crippen MR) is 74.7 cm³/mol. The van der Waals surface area contributed by atoms with E-state index in [1.54, 1.807) is 12.1 Å². The van der Waals surface area contributed by atoms with Gasteiger partial charge >= 0.3 is 5.97 Å². The summed E-state index contributed by atoms with van der Waals surface area (Å²) in [5.74, 6) is 0.741. The Labute approximate surface area is 123 Å². The second kappa shape index (κ2) is 4.41. The van der Waals surface area contributed by atoms with Crippen LogP contribution in [0.4, 0.5) is 0 Å². The Hall–Kier alpha value is -1.68. The van der Waals surface area contributed by atoms with Gasteiger partial charge in [-0.15, -0.1) is 0 Å². The molecule has 5 atom stereocenters. The lowest BCUT2D eigenvalue weighted by molar-refractivity contribution is -0.123. The largest absolute Gasteiger partial charge is 0.456 e. The van der Waals surface area contributed by atoms with Crippen LogP contribution in [0, 0.1) is 17.3 Å². The highest BCUT2D eigenvalue weighted by atomic mass is 16.6. The quantitative estimate of drug-likeness (QED) is 0.800. The first kappa shape index (κ1) is 13.0. The molecule has 1 spiro atoms. The summed E-state index contributed by atoms with van der Waals surface area (Å²) in [5, 5.41) is 0.